The first kappa shape index (κ1) is 14.6. The molecule has 1 heterocycles. The topological polar surface area (TPSA) is 68.3 Å². The van der Waals surface area contributed by atoms with E-state index in [-0.39, 0.29) is 12.4 Å². The van der Waals surface area contributed by atoms with E-state index < -0.39 is 11.9 Å². The second-order valence-electron chi connectivity index (χ2n) is 4.79. The van der Waals surface area contributed by atoms with Gasteiger partial charge in [0.1, 0.15) is 0 Å². The highest BCUT2D eigenvalue weighted by Crippen LogP contribution is 2.18. The minimum absolute atomic E-state index is 0.0107. The first-order chi connectivity index (χ1) is 10.6. The summed E-state index contributed by atoms with van der Waals surface area (Å²) in [5, 5.41) is 14.9. The Morgan fingerprint density at radius 3 is 2.50 bits per heavy atom. The van der Waals surface area contributed by atoms with Gasteiger partial charge in [-0.15, -0.1) is 5.10 Å². The molecule has 3 aromatic rings. The van der Waals surface area contributed by atoms with Crippen LogP contribution in [0.4, 0.5) is 0 Å². The Bertz CT molecular complexity index is 809. The van der Waals surface area contributed by atoms with Gasteiger partial charge in [-0.2, -0.15) is 4.68 Å². The molecule has 0 spiro atoms. The fourth-order valence-corrected chi connectivity index (χ4v) is 2.20. The van der Waals surface area contributed by atoms with Gasteiger partial charge in [0.05, 0.1) is 12.6 Å². The monoisotopic (exact) mass is 316 g/mol. The molecular weight excluding hydrogens is 304 g/mol. The van der Waals surface area contributed by atoms with Crippen molar-refractivity contribution in [1.82, 2.24) is 9.78 Å². The fraction of sp³-hybridized carbons (Fsp3) is 0.125. The molecule has 5 nitrogen and oxygen atoms in total. The van der Waals surface area contributed by atoms with E-state index in [1.165, 1.54) is 0 Å². The van der Waals surface area contributed by atoms with Crippen molar-refractivity contribution >= 4 is 11.6 Å². The summed E-state index contributed by atoms with van der Waals surface area (Å²) in [6.07, 6.45) is -0.872. The summed E-state index contributed by atoms with van der Waals surface area (Å²) < 4.78 is 6.23. The number of nitrogens with zero attached hydrogens (tertiary/aromatic N) is 2. The fourth-order valence-electron chi connectivity index (χ4n) is 2.07. The van der Waals surface area contributed by atoms with Crippen LogP contribution in [0, 0.1) is 0 Å². The summed E-state index contributed by atoms with van der Waals surface area (Å²) in [5.41, 5.74) is 1.36. The molecule has 0 aliphatic carbocycles. The molecule has 1 N–H and O–H groups in total. The van der Waals surface area contributed by atoms with Crippen LogP contribution in [0.2, 0.25) is 5.02 Å². The van der Waals surface area contributed by atoms with Crippen molar-refractivity contribution < 1.29 is 9.52 Å². The minimum Gasteiger partial charge on any atom is -0.388 e. The van der Waals surface area contributed by atoms with Crippen molar-refractivity contribution in [3.05, 3.63) is 75.7 Å². The highest BCUT2D eigenvalue weighted by molar-refractivity contribution is 6.30. The van der Waals surface area contributed by atoms with E-state index in [0.29, 0.717) is 16.1 Å². The summed E-state index contributed by atoms with van der Waals surface area (Å²) in [4.78, 5) is 11.8. The van der Waals surface area contributed by atoms with Gasteiger partial charge in [-0.25, -0.2) is 4.79 Å². The normalized spacial score (nSPS) is 12.3. The van der Waals surface area contributed by atoms with E-state index >= 15 is 0 Å². The summed E-state index contributed by atoms with van der Waals surface area (Å²) in [7, 11) is 0. The highest BCUT2D eigenvalue weighted by Gasteiger charge is 2.15. The standard InChI is InChI=1S/C16H13ClN2O3/c17-13-8-6-11(7-9-13)14(20)10-19-16(21)22-15(18-19)12-4-2-1-3-5-12/h1-9,14,20H,10H2. The summed E-state index contributed by atoms with van der Waals surface area (Å²) in [6, 6.07) is 15.9. The molecule has 2 aromatic carbocycles. The maximum absolute atomic E-state index is 11.8. The Labute approximate surface area is 131 Å². The van der Waals surface area contributed by atoms with Gasteiger partial charge in [-0.1, -0.05) is 41.9 Å². The van der Waals surface area contributed by atoms with E-state index in [4.69, 9.17) is 16.0 Å². The molecule has 22 heavy (non-hydrogen) atoms. The predicted octanol–water partition coefficient (Wildman–Crippen LogP) is 2.89. The summed E-state index contributed by atoms with van der Waals surface area (Å²) in [5.74, 6) is -0.374. The van der Waals surface area contributed by atoms with Gasteiger partial charge in [0.25, 0.3) is 0 Å². The number of halogens is 1. The lowest BCUT2D eigenvalue weighted by Gasteiger charge is -2.09. The maximum atomic E-state index is 11.8. The number of aromatic nitrogens is 2. The molecule has 1 atom stereocenters. The highest BCUT2D eigenvalue weighted by atomic mass is 35.5. The number of hydrogen-bond acceptors (Lipinski definition) is 4. The van der Waals surface area contributed by atoms with Gasteiger partial charge in [0.15, 0.2) is 0 Å². The van der Waals surface area contributed by atoms with E-state index in [2.05, 4.69) is 5.10 Å². The van der Waals surface area contributed by atoms with Crippen LogP contribution in [-0.2, 0) is 6.54 Å². The van der Waals surface area contributed by atoms with E-state index in [9.17, 15) is 9.90 Å². The van der Waals surface area contributed by atoms with Crippen molar-refractivity contribution in [2.75, 3.05) is 0 Å². The molecule has 0 radical (unpaired) electrons. The molecule has 0 aliphatic heterocycles. The SMILES string of the molecule is O=c1oc(-c2ccccc2)nn1CC(O)c1ccc(Cl)cc1. The quantitative estimate of drug-likeness (QED) is 0.803. The van der Waals surface area contributed by atoms with Gasteiger partial charge >= 0.3 is 5.76 Å². The van der Waals surface area contributed by atoms with Crippen molar-refractivity contribution in [3.8, 4) is 11.5 Å². The van der Waals surface area contributed by atoms with Crippen LogP contribution < -0.4 is 5.76 Å². The van der Waals surface area contributed by atoms with Gasteiger partial charge in [-0.3, -0.25) is 0 Å². The molecule has 0 saturated heterocycles. The lowest BCUT2D eigenvalue weighted by atomic mass is 10.1. The molecular formula is C16H13ClN2O3. The van der Waals surface area contributed by atoms with Crippen molar-refractivity contribution in [3.63, 3.8) is 0 Å². The van der Waals surface area contributed by atoms with Gasteiger partial charge in [0, 0.05) is 10.6 Å². The molecule has 0 fully saturated rings. The van der Waals surface area contributed by atoms with Crippen molar-refractivity contribution in [2.45, 2.75) is 12.6 Å². The minimum atomic E-state index is -0.872. The summed E-state index contributed by atoms with van der Waals surface area (Å²) >= 11 is 5.81. The third-order valence-electron chi connectivity index (χ3n) is 3.23. The van der Waals surface area contributed by atoms with Crippen LogP contribution in [-0.4, -0.2) is 14.9 Å². The summed E-state index contributed by atoms with van der Waals surface area (Å²) in [6.45, 7) is 0.0107. The van der Waals surface area contributed by atoms with E-state index in [1.54, 1.807) is 36.4 Å². The molecule has 112 valence electrons. The number of aliphatic hydroxyl groups excluding tert-OH is 1. The lowest BCUT2D eigenvalue weighted by Crippen LogP contribution is -2.20. The number of rotatable bonds is 4. The van der Waals surface area contributed by atoms with Crippen molar-refractivity contribution in [1.29, 1.82) is 0 Å². The largest absolute Gasteiger partial charge is 0.437 e. The third kappa shape index (κ3) is 3.10. The van der Waals surface area contributed by atoms with E-state index in [0.717, 1.165) is 4.68 Å². The second-order valence-corrected chi connectivity index (χ2v) is 5.23. The zero-order valence-electron chi connectivity index (χ0n) is 11.5. The van der Waals surface area contributed by atoms with Crippen molar-refractivity contribution in [2.24, 2.45) is 0 Å². The Kier molecular flexibility index (Phi) is 4.09. The Balaban J connectivity index is 1.82. The molecule has 0 bridgehead atoms. The van der Waals surface area contributed by atoms with Crippen LogP contribution in [0.15, 0.2) is 63.8 Å². The Morgan fingerprint density at radius 2 is 1.82 bits per heavy atom. The number of aliphatic hydroxyl groups is 1. The molecule has 0 aliphatic rings. The van der Waals surface area contributed by atoms with Gasteiger partial charge < -0.3 is 9.52 Å². The predicted molar refractivity (Wildman–Crippen MR) is 82.6 cm³/mol. The number of hydrogen-bond donors (Lipinski definition) is 1. The van der Waals surface area contributed by atoms with Crippen LogP contribution >= 0.6 is 11.6 Å². The molecule has 6 heteroatoms. The molecule has 0 amide bonds. The zero-order chi connectivity index (χ0) is 15.5. The second kappa shape index (κ2) is 6.17. The average Bonchev–Trinajstić information content (AvgIpc) is 2.90. The Morgan fingerprint density at radius 1 is 1.14 bits per heavy atom. The Hall–Kier alpha value is -2.37. The molecule has 0 saturated carbocycles. The maximum Gasteiger partial charge on any atom is 0.437 e. The van der Waals surface area contributed by atoms with Gasteiger partial charge in [0.2, 0.25) is 5.89 Å². The van der Waals surface area contributed by atoms with Crippen LogP contribution in [0.3, 0.4) is 0 Å². The van der Waals surface area contributed by atoms with Crippen LogP contribution in [0.25, 0.3) is 11.5 Å². The number of benzene rings is 2. The smallest absolute Gasteiger partial charge is 0.388 e. The van der Waals surface area contributed by atoms with E-state index in [1.807, 2.05) is 18.2 Å². The first-order valence-electron chi connectivity index (χ1n) is 6.70. The first-order valence-corrected chi connectivity index (χ1v) is 7.08. The lowest BCUT2D eigenvalue weighted by molar-refractivity contribution is 0.148. The molecule has 1 unspecified atom stereocenters. The molecule has 3 rings (SSSR count). The molecule has 1 aromatic heterocycles. The third-order valence-corrected chi connectivity index (χ3v) is 3.48. The van der Waals surface area contributed by atoms with Gasteiger partial charge in [-0.05, 0) is 29.8 Å². The van der Waals surface area contributed by atoms with Crippen LogP contribution in [0.1, 0.15) is 11.7 Å². The average molecular weight is 317 g/mol. The zero-order valence-corrected chi connectivity index (χ0v) is 12.3. The van der Waals surface area contributed by atoms with Crippen LogP contribution in [0.5, 0.6) is 0 Å².